The van der Waals surface area contributed by atoms with E-state index < -0.39 is 61.9 Å². The summed E-state index contributed by atoms with van der Waals surface area (Å²) in [6, 6.07) is 29.4. The molecule has 0 amide bonds. The predicted octanol–water partition coefficient (Wildman–Crippen LogP) is -3.85. The fraction of sp³-hybridized carbons (Fsp3) is 0.220. The van der Waals surface area contributed by atoms with E-state index in [9.17, 15) is 61.5 Å². The molecule has 5 rings (SSSR count). The number of hydrogen-bond acceptors (Lipinski definition) is 23. The van der Waals surface area contributed by atoms with Crippen molar-refractivity contribution >= 4 is 118 Å². The minimum Gasteiger partial charge on any atom is -1.00 e. The Hall–Kier alpha value is -1.39. The number of hydrogen-bond donors (Lipinski definition) is 1. The van der Waals surface area contributed by atoms with Crippen LogP contribution >= 0.6 is 64.0 Å². The molecule has 4 atom stereocenters. The van der Waals surface area contributed by atoms with Crippen LogP contribution < -0.4 is 142 Å². The molecule has 0 aromatic heterocycles. The second-order valence-electron chi connectivity index (χ2n) is 11.9. The van der Waals surface area contributed by atoms with Crippen molar-refractivity contribution in [1.29, 1.82) is 5.39 Å². The molecule has 0 fully saturated rings. The van der Waals surface area contributed by atoms with E-state index in [1.54, 1.807) is 0 Å². The van der Waals surface area contributed by atoms with Gasteiger partial charge in [0.2, 0.25) is 5.39 Å². The first-order valence-electron chi connectivity index (χ1n) is 19.2. The summed E-state index contributed by atoms with van der Waals surface area (Å²) in [5.74, 6) is 0. The molecule has 39 heteroatoms. The van der Waals surface area contributed by atoms with E-state index in [1.165, 1.54) is 41.9 Å². The molecular formula is C41H63Cl2N9Na4O17P4S3. The number of azo groups is 1. The third-order valence-corrected chi connectivity index (χ3v) is 8.79. The van der Waals surface area contributed by atoms with E-state index >= 15 is 0 Å². The van der Waals surface area contributed by atoms with E-state index in [1.807, 2.05) is 77.9 Å². The van der Waals surface area contributed by atoms with Crippen molar-refractivity contribution in [3.05, 3.63) is 184 Å². The zero-order valence-electron chi connectivity index (χ0n) is 46.6. The SMILES string of the molecule is C=C(C)C.CC.CC.CN=Nc1ccc([N+](=O)[O-])cc1SOO[O-].Cc1ccccc1.Cc1ccccc1.Cl.N#[N+]c1ccc([N+](=O)[O-])cc1S(=O)(=O)[O-].Nc1ccc([N+](=O)[O-])cc1S(=O)(=O)[O-].O=N[O-].P.P.P.P.[Cl-].[Na+].[Na+].[Na+].[Na+]. The van der Waals surface area contributed by atoms with Crippen LogP contribution in [0.4, 0.5) is 34.1 Å². The van der Waals surface area contributed by atoms with Gasteiger partial charge in [-0.2, -0.15) is 54.2 Å². The number of diazo groups is 1. The van der Waals surface area contributed by atoms with Gasteiger partial charge in [0.25, 0.3) is 17.1 Å². The zero-order chi connectivity index (χ0) is 55.0. The standard InChI is InChI=1S/C7H7N3O5S.2C7H8.C6H3N3O5S.C6H6N2O5S.C4H8.2C2H6.2ClH.HNO2.4Na.4H3P/c1-8-9-6-3-2-5(10(11)12)4-7(6)16-15-14-13;2*1-7-5-3-2-4-6-7;7-8-5-2-1-4(9(10)11)3-6(5)15(12,13)14;7-5-2-1-4(8(9)10)3-6(5)14(11,12)13;1-4(2)3;2*1-2;;;2-1-3;;;;;;;;/h2-4,13H,1H3;2*2-6H,1H3;1-3H;1-3H,7H2,(H,11,12,13);1H2,2-3H3;2*1-2H3;2*1H;(H,2,3);;;;;4*1H3/q;;;;;;;;;;;4*+1;;;;/p-4. The van der Waals surface area contributed by atoms with Gasteiger partial charge in [0.1, 0.15) is 25.9 Å². The van der Waals surface area contributed by atoms with Crippen molar-refractivity contribution < 1.29 is 186 Å². The van der Waals surface area contributed by atoms with Gasteiger partial charge in [-0.25, -0.2) is 16.8 Å². The first-order chi connectivity index (χ1) is 32.8. The monoisotopic (exact) mass is 1340 g/mol. The normalized spacial score (nSPS) is 8.29. The Labute approximate surface area is 585 Å². The van der Waals surface area contributed by atoms with Crippen molar-refractivity contribution in [2.75, 3.05) is 12.8 Å². The number of halogens is 2. The van der Waals surface area contributed by atoms with E-state index in [4.69, 9.17) is 21.2 Å². The van der Waals surface area contributed by atoms with Gasteiger partial charge < -0.3 is 42.6 Å². The quantitative estimate of drug-likeness (QED) is 0.0120. The maximum Gasteiger partial charge on any atom is 1.00 e. The Morgan fingerprint density at radius 3 is 1.25 bits per heavy atom. The summed E-state index contributed by atoms with van der Waals surface area (Å²) in [7, 11) is -8.23. The number of rotatable bonds is 9. The van der Waals surface area contributed by atoms with Crippen LogP contribution in [-0.2, 0) is 29.6 Å². The second kappa shape index (κ2) is 68.4. The maximum atomic E-state index is 10.6. The molecule has 430 valence electrons. The van der Waals surface area contributed by atoms with Crippen LogP contribution in [-0.4, -0.2) is 47.8 Å². The molecule has 0 aliphatic heterocycles. The minimum absolute atomic E-state index is 0. The Morgan fingerprint density at radius 2 is 0.975 bits per heavy atom. The van der Waals surface area contributed by atoms with Gasteiger partial charge in [0, 0.05) is 55.2 Å². The first kappa shape index (κ1) is 113. The third kappa shape index (κ3) is 58.4. The smallest absolute Gasteiger partial charge is 1.00 e. The minimum atomic E-state index is -4.91. The predicted molar refractivity (Wildman–Crippen MR) is 309 cm³/mol. The molecule has 5 aromatic rings. The summed E-state index contributed by atoms with van der Waals surface area (Å²) in [5.41, 5.74) is 7.28. The topological polar surface area (TPSA) is 417 Å². The molecule has 0 aliphatic carbocycles. The fourth-order valence-electron chi connectivity index (χ4n) is 3.75. The van der Waals surface area contributed by atoms with E-state index in [-0.39, 0.29) is 199 Å². The number of benzene rings is 5. The van der Waals surface area contributed by atoms with Crippen LogP contribution in [0.15, 0.2) is 158 Å². The second-order valence-corrected chi connectivity index (χ2v) is 15.4. The van der Waals surface area contributed by atoms with Crippen molar-refractivity contribution in [3.8, 4) is 0 Å². The molecule has 26 nitrogen and oxygen atoms in total. The van der Waals surface area contributed by atoms with Crippen molar-refractivity contribution in [2.24, 2.45) is 15.6 Å². The van der Waals surface area contributed by atoms with Crippen LogP contribution in [0.25, 0.3) is 4.98 Å². The molecule has 0 radical (unpaired) electrons. The van der Waals surface area contributed by atoms with Crippen molar-refractivity contribution in [3.63, 3.8) is 0 Å². The number of nitro benzene ring substituents is 3. The van der Waals surface area contributed by atoms with Crippen molar-refractivity contribution in [2.45, 2.75) is 70.1 Å². The van der Waals surface area contributed by atoms with Gasteiger partial charge in [0.05, 0.1) is 36.6 Å². The van der Waals surface area contributed by atoms with E-state index in [0.29, 0.717) is 29.9 Å². The zero-order valence-corrected chi connectivity index (χ0v) is 64.3. The van der Waals surface area contributed by atoms with E-state index in [2.05, 4.69) is 69.3 Å². The molecule has 5 aromatic carbocycles. The van der Waals surface area contributed by atoms with Crippen molar-refractivity contribution in [1.82, 2.24) is 0 Å². The molecule has 0 aliphatic rings. The van der Waals surface area contributed by atoms with Crippen LogP contribution in [0.1, 0.15) is 52.7 Å². The summed E-state index contributed by atoms with van der Waals surface area (Å²) in [6.07, 6.45) is 0. The molecule has 0 saturated carbocycles. The summed E-state index contributed by atoms with van der Waals surface area (Å²) < 4.78 is 67.7. The maximum absolute atomic E-state index is 10.6. The van der Waals surface area contributed by atoms with Gasteiger partial charge in [-0.3, -0.25) is 35.4 Å². The van der Waals surface area contributed by atoms with Gasteiger partial charge in [0.15, 0.2) is 9.87 Å². The molecular weight excluding hydrogens is 1270 g/mol. The van der Waals surface area contributed by atoms with Gasteiger partial charge in [-0.15, -0.1) is 24.3 Å². The number of nitrogens with two attached hydrogens (primary N) is 1. The first-order valence-corrected chi connectivity index (χ1v) is 22.8. The van der Waals surface area contributed by atoms with Gasteiger partial charge in [-0.1, -0.05) is 105 Å². The largest absolute Gasteiger partial charge is 1.00 e. The molecule has 0 spiro atoms. The fourth-order valence-corrected chi connectivity index (χ4v) is 5.46. The molecule has 0 heterocycles. The number of allylic oxidation sites excluding steroid dienone is 1. The molecule has 4 unspecified atom stereocenters. The van der Waals surface area contributed by atoms with E-state index in [0.717, 1.165) is 29.6 Å². The summed E-state index contributed by atoms with van der Waals surface area (Å²) in [5, 5.41) is 68.5. The molecule has 2 N–H and O–H groups in total. The number of nitrogens with zero attached hydrogens (tertiary/aromatic N) is 8. The van der Waals surface area contributed by atoms with Gasteiger partial charge in [-0.05, 0) is 39.8 Å². The number of nitro groups is 3. The van der Waals surface area contributed by atoms with Crippen LogP contribution in [0.5, 0.6) is 0 Å². The van der Waals surface area contributed by atoms with Crippen LogP contribution in [0, 0.1) is 59.7 Å². The van der Waals surface area contributed by atoms with Gasteiger partial charge >= 0.3 is 124 Å². The number of aryl methyl sites for hydroxylation is 2. The van der Waals surface area contributed by atoms with Crippen LogP contribution in [0.2, 0.25) is 0 Å². The third-order valence-electron chi connectivity index (χ3n) is 6.40. The average Bonchev–Trinajstić information content (AvgIpc) is 3.30. The number of nitrogen functional groups attached to an aromatic ring is 1. The molecule has 0 saturated heterocycles. The Morgan fingerprint density at radius 1 is 0.662 bits per heavy atom. The Kier molecular flexibility index (Phi) is 97.0. The molecule has 0 bridgehead atoms. The summed E-state index contributed by atoms with van der Waals surface area (Å²) in [6.45, 7) is 19.7. The Balaban J connectivity index is -0.0000000537. The number of non-ortho nitro benzene ring substituents is 3. The number of anilines is 1. The molecule has 80 heavy (non-hydrogen) atoms. The average molecular weight is 1340 g/mol. The summed E-state index contributed by atoms with van der Waals surface area (Å²) in [4.78, 5) is 37.9. The van der Waals surface area contributed by atoms with Crippen LogP contribution in [0.3, 0.4) is 0 Å². The Bertz CT molecular complexity index is 2680. The summed E-state index contributed by atoms with van der Waals surface area (Å²) >= 11 is 0.526.